The van der Waals surface area contributed by atoms with Crippen LogP contribution in [0.1, 0.15) is 17.4 Å². The molecule has 0 radical (unpaired) electrons. The maximum Gasteiger partial charge on any atom is 0.356 e. The summed E-state index contributed by atoms with van der Waals surface area (Å²) < 4.78 is 11.5. The Bertz CT molecular complexity index is 1210. The first-order chi connectivity index (χ1) is 14.5. The minimum absolute atomic E-state index is 0.283. The van der Waals surface area contributed by atoms with Crippen molar-refractivity contribution in [2.45, 2.75) is 6.92 Å². The van der Waals surface area contributed by atoms with Gasteiger partial charge in [0.15, 0.2) is 5.69 Å². The fourth-order valence-corrected chi connectivity index (χ4v) is 3.70. The van der Waals surface area contributed by atoms with Crippen molar-refractivity contribution in [3.05, 3.63) is 71.7 Å². The molecular weight excluding hydrogens is 402 g/mol. The number of thiazole rings is 1. The Kier molecular flexibility index (Phi) is 5.40. The summed E-state index contributed by atoms with van der Waals surface area (Å²) in [4.78, 5) is 28.2. The van der Waals surface area contributed by atoms with Crippen molar-refractivity contribution in [3.8, 4) is 33.4 Å². The van der Waals surface area contributed by atoms with Crippen LogP contribution in [0.5, 0.6) is 5.75 Å². The third kappa shape index (κ3) is 3.99. The predicted molar refractivity (Wildman–Crippen MR) is 113 cm³/mol. The van der Waals surface area contributed by atoms with E-state index < -0.39 is 5.97 Å². The number of benzene rings is 2. The van der Waals surface area contributed by atoms with E-state index in [0.29, 0.717) is 22.3 Å². The average Bonchev–Trinajstić information content (AvgIpc) is 3.41. The molecule has 150 valence electrons. The van der Waals surface area contributed by atoms with Gasteiger partial charge in [0, 0.05) is 23.4 Å². The van der Waals surface area contributed by atoms with Crippen LogP contribution in [-0.4, -0.2) is 33.8 Å². The Morgan fingerprint density at radius 1 is 0.967 bits per heavy atom. The Hall–Kier alpha value is -3.78. The molecule has 30 heavy (non-hydrogen) atoms. The second-order valence-corrected chi connectivity index (χ2v) is 7.16. The Morgan fingerprint density at radius 3 is 2.47 bits per heavy atom. The molecule has 0 aliphatic carbocycles. The van der Waals surface area contributed by atoms with Gasteiger partial charge in [-0.25, -0.2) is 9.78 Å². The molecule has 0 spiro atoms. The monoisotopic (exact) mass is 419 g/mol. The highest BCUT2D eigenvalue weighted by molar-refractivity contribution is 7.12. The molecule has 0 fully saturated rings. The topological polar surface area (TPSA) is 83.3 Å². The zero-order valence-corrected chi connectivity index (χ0v) is 17.1. The van der Waals surface area contributed by atoms with Crippen molar-refractivity contribution in [3.63, 3.8) is 0 Å². The molecule has 0 saturated heterocycles. The molecule has 0 N–H and O–H groups in total. The van der Waals surface area contributed by atoms with E-state index in [1.165, 1.54) is 30.1 Å². The fourth-order valence-electron chi connectivity index (χ4n) is 2.91. The molecule has 0 atom stereocenters. The highest BCUT2D eigenvalue weighted by Gasteiger charge is 2.20. The SMILES string of the molecule is COC(=O)c1cc(-c2ccccc2)nn1-c1nc(-c2cccc(OC(C)=O)c2)cs1. The first-order valence-corrected chi connectivity index (χ1v) is 9.91. The lowest BCUT2D eigenvalue weighted by Crippen LogP contribution is -2.10. The molecule has 7 nitrogen and oxygen atoms in total. The molecule has 0 bridgehead atoms. The van der Waals surface area contributed by atoms with Crippen LogP contribution in [0, 0.1) is 0 Å². The van der Waals surface area contributed by atoms with Gasteiger partial charge in [0.25, 0.3) is 0 Å². The van der Waals surface area contributed by atoms with Gasteiger partial charge in [-0.3, -0.25) is 4.79 Å². The lowest BCUT2D eigenvalue weighted by atomic mass is 10.1. The minimum atomic E-state index is -0.502. The summed E-state index contributed by atoms with van der Waals surface area (Å²) >= 11 is 1.34. The lowest BCUT2D eigenvalue weighted by Gasteiger charge is -2.03. The highest BCUT2D eigenvalue weighted by Crippen LogP contribution is 2.29. The largest absolute Gasteiger partial charge is 0.464 e. The molecule has 0 aliphatic rings. The van der Waals surface area contributed by atoms with Gasteiger partial charge < -0.3 is 9.47 Å². The standard InChI is InChI=1S/C22H17N3O4S/c1-14(26)29-17-10-6-9-16(11-17)19-13-30-22(23-19)25-20(21(27)28-2)12-18(24-25)15-7-4-3-5-8-15/h3-13H,1-2H3. The van der Waals surface area contributed by atoms with Crippen LogP contribution in [0.25, 0.3) is 27.6 Å². The maximum atomic E-state index is 12.3. The van der Waals surface area contributed by atoms with E-state index in [9.17, 15) is 9.59 Å². The van der Waals surface area contributed by atoms with E-state index in [4.69, 9.17) is 9.47 Å². The van der Waals surface area contributed by atoms with Gasteiger partial charge in [0.05, 0.1) is 18.5 Å². The third-order valence-electron chi connectivity index (χ3n) is 4.24. The van der Waals surface area contributed by atoms with Crippen molar-refractivity contribution in [2.24, 2.45) is 0 Å². The number of methoxy groups -OCH3 is 1. The van der Waals surface area contributed by atoms with Gasteiger partial charge in [-0.05, 0) is 18.2 Å². The first kappa shape index (κ1) is 19.5. The number of ether oxygens (including phenoxy) is 2. The maximum absolute atomic E-state index is 12.3. The molecule has 0 saturated carbocycles. The van der Waals surface area contributed by atoms with Crippen molar-refractivity contribution < 1.29 is 19.1 Å². The van der Waals surface area contributed by atoms with Crippen LogP contribution in [0.15, 0.2) is 66.0 Å². The van der Waals surface area contributed by atoms with Gasteiger partial charge in [0.1, 0.15) is 5.75 Å². The minimum Gasteiger partial charge on any atom is -0.464 e. The number of nitrogens with zero attached hydrogens (tertiary/aromatic N) is 3. The number of esters is 2. The van der Waals surface area contributed by atoms with E-state index in [2.05, 4.69) is 10.1 Å². The van der Waals surface area contributed by atoms with Gasteiger partial charge >= 0.3 is 11.9 Å². The second kappa shape index (κ2) is 8.30. The van der Waals surface area contributed by atoms with Crippen molar-refractivity contribution in [1.82, 2.24) is 14.8 Å². The summed E-state index contributed by atoms with van der Waals surface area (Å²) in [6, 6.07) is 18.3. The quantitative estimate of drug-likeness (QED) is 0.353. The van der Waals surface area contributed by atoms with E-state index >= 15 is 0 Å². The third-order valence-corrected chi connectivity index (χ3v) is 5.05. The van der Waals surface area contributed by atoms with Crippen molar-refractivity contribution in [1.29, 1.82) is 0 Å². The summed E-state index contributed by atoms with van der Waals surface area (Å²) in [5.74, 6) is -0.452. The van der Waals surface area contributed by atoms with Crippen molar-refractivity contribution >= 4 is 23.3 Å². The van der Waals surface area contributed by atoms with Gasteiger partial charge in [-0.15, -0.1) is 11.3 Å². The molecule has 8 heteroatoms. The number of carbonyl (C=O) groups excluding carboxylic acids is 2. The lowest BCUT2D eigenvalue weighted by molar-refractivity contribution is -0.131. The fraction of sp³-hybridized carbons (Fsp3) is 0.0909. The normalized spacial score (nSPS) is 10.6. The summed E-state index contributed by atoms with van der Waals surface area (Å²) in [5, 5.41) is 6.95. The molecule has 4 aromatic rings. The summed E-state index contributed by atoms with van der Waals surface area (Å²) in [6.45, 7) is 1.35. The molecule has 2 aromatic heterocycles. The summed E-state index contributed by atoms with van der Waals surface area (Å²) in [5.41, 5.74) is 3.27. The second-order valence-electron chi connectivity index (χ2n) is 6.32. The Morgan fingerprint density at radius 2 is 1.73 bits per heavy atom. The van der Waals surface area contributed by atoms with Gasteiger partial charge in [-0.1, -0.05) is 42.5 Å². The van der Waals surface area contributed by atoms with E-state index in [1.54, 1.807) is 24.3 Å². The zero-order chi connectivity index (χ0) is 21.1. The molecule has 0 unspecified atom stereocenters. The zero-order valence-electron chi connectivity index (χ0n) is 16.2. The van der Waals surface area contributed by atoms with Crippen LogP contribution >= 0.6 is 11.3 Å². The van der Waals surface area contributed by atoms with Crippen LogP contribution in [0.4, 0.5) is 0 Å². The molecule has 0 amide bonds. The van der Waals surface area contributed by atoms with E-state index in [0.717, 1.165) is 11.1 Å². The molecule has 2 aromatic carbocycles. The molecule has 0 aliphatic heterocycles. The first-order valence-electron chi connectivity index (χ1n) is 9.03. The number of hydrogen-bond acceptors (Lipinski definition) is 7. The van der Waals surface area contributed by atoms with Crippen LogP contribution in [0.2, 0.25) is 0 Å². The number of aromatic nitrogens is 3. The Balaban J connectivity index is 1.73. The van der Waals surface area contributed by atoms with Crippen LogP contribution in [0.3, 0.4) is 0 Å². The number of hydrogen-bond donors (Lipinski definition) is 0. The molecule has 2 heterocycles. The van der Waals surface area contributed by atoms with E-state index in [1.807, 2.05) is 41.8 Å². The molecule has 4 rings (SSSR count). The molecular formula is C22H17N3O4S. The average molecular weight is 419 g/mol. The van der Waals surface area contributed by atoms with Gasteiger partial charge in [-0.2, -0.15) is 9.78 Å². The Labute approximate surface area is 176 Å². The van der Waals surface area contributed by atoms with Gasteiger partial charge in [0.2, 0.25) is 5.13 Å². The number of carbonyl (C=O) groups is 2. The smallest absolute Gasteiger partial charge is 0.356 e. The van der Waals surface area contributed by atoms with Crippen LogP contribution in [-0.2, 0) is 9.53 Å². The number of rotatable bonds is 5. The summed E-state index contributed by atoms with van der Waals surface area (Å²) in [7, 11) is 1.33. The summed E-state index contributed by atoms with van der Waals surface area (Å²) in [6.07, 6.45) is 0. The van der Waals surface area contributed by atoms with Crippen LogP contribution < -0.4 is 4.74 Å². The van der Waals surface area contributed by atoms with E-state index in [-0.39, 0.29) is 11.7 Å². The highest BCUT2D eigenvalue weighted by atomic mass is 32.1. The predicted octanol–water partition coefficient (Wildman–Crippen LogP) is 4.37. The van der Waals surface area contributed by atoms with Crippen molar-refractivity contribution in [2.75, 3.05) is 7.11 Å².